The third-order valence-corrected chi connectivity index (χ3v) is 4.88. The van der Waals surface area contributed by atoms with Crippen molar-refractivity contribution in [1.82, 2.24) is 10.2 Å². The van der Waals surface area contributed by atoms with Gasteiger partial charge >= 0.3 is 0 Å². The Morgan fingerprint density at radius 3 is 2.62 bits per heavy atom. The summed E-state index contributed by atoms with van der Waals surface area (Å²) < 4.78 is 0. The molecule has 2 fully saturated rings. The van der Waals surface area contributed by atoms with Gasteiger partial charge in [-0.25, -0.2) is 0 Å². The second-order valence-electron chi connectivity index (χ2n) is 5.93. The smallest absolute Gasteiger partial charge is 0.00928 e. The highest BCUT2D eigenvalue weighted by molar-refractivity contribution is 4.86. The molecule has 2 aliphatic carbocycles. The normalized spacial score (nSPS) is 32.2. The van der Waals surface area contributed by atoms with Crippen LogP contribution in [-0.2, 0) is 0 Å². The Bertz CT molecular complexity index is 213. The molecule has 0 heterocycles. The van der Waals surface area contributed by atoms with Crippen LogP contribution in [0.1, 0.15) is 45.4 Å². The molecule has 3 atom stereocenters. The minimum Gasteiger partial charge on any atom is -0.317 e. The van der Waals surface area contributed by atoms with E-state index in [1.165, 1.54) is 45.1 Å². The van der Waals surface area contributed by atoms with Crippen LogP contribution in [0.4, 0.5) is 0 Å². The number of nitrogens with zero attached hydrogens (tertiary/aromatic N) is 1. The SMILES string of the molecule is CNC1CCCC1CCN(C)C(C)C1CC1. The van der Waals surface area contributed by atoms with Crippen LogP contribution in [-0.4, -0.2) is 37.6 Å². The van der Waals surface area contributed by atoms with Crippen molar-refractivity contribution in [3.8, 4) is 0 Å². The van der Waals surface area contributed by atoms with E-state index >= 15 is 0 Å². The van der Waals surface area contributed by atoms with E-state index in [1.54, 1.807) is 0 Å². The molecule has 0 saturated heterocycles. The molecule has 2 saturated carbocycles. The largest absolute Gasteiger partial charge is 0.317 e. The lowest BCUT2D eigenvalue weighted by Gasteiger charge is -2.27. The number of rotatable bonds is 6. The fourth-order valence-electron chi connectivity index (χ4n) is 3.27. The Balaban J connectivity index is 1.69. The first-order valence-electron chi connectivity index (χ1n) is 7.10. The molecular weight excluding hydrogens is 196 g/mol. The molecule has 1 N–H and O–H groups in total. The van der Waals surface area contributed by atoms with Gasteiger partial charge < -0.3 is 10.2 Å². The van der Waals surface area contributed by atoms with Gasteiger partial charge in [-0.3, -0.25) is 0 Å². The highest BCUT2D eigenvalue weighted by Gasteiger charge is 2.31. The first kappa shape index (κ1) is 12.4. The molecule has 2 rings (SSSR count). The summed E-state index contributed by atoms with van der Waals surface area (Å²) in [5.41, 5.74) is 0. The van der Waals surface area contributed by atoms with E-state index in [1.807, 2.05) is 0 Å². The van der Waals surface area contributed by atoms with Crippen molar-refractivity contribution in [2.75, 3.05) is 20.6 Å². The Morgan fingerprint density at radius 2 is 2.00 bits per heavy atom. The van der Waals surface area contributed by atoms with Crippen LogP contribution in [0.2, 0.25) is 0 Å². The molecule has 0 aliphatic heterocycles. The highest BCUT2D eigenvalue weighted by atomic mass is 15.1. The fraction of sp³-hybridized carbons (Fsp3) is 1.00. The lowest BCUT2D eigenvalue weighted by atomic mass is 9.99. The second-order valence-corrected chi connectivity index (χ2v) is 5.93. The fourth-order valence-corrected chi connectivity index (χ4v) is 3.27. The van der Waals surface area contributed by atoms with Crippen LogP contribution >= 0.6 is 0 Å². The van der Waals surface area contributed by atoms with Gasteiger partial charge in [0.2, 0.25) is 0 Å². The average molecular weight is 224 g/mol. The van der Waals surface area contributed by atoms with Crippen LogP contribution in [0.15, 0.2) is 0 Å². The molecule has 0 bridgehead atoms. The van der Waals surface area contributed by atoms with E-state index in [-0.39, 0.29) is 0 Å². The number of nitrogens with one attached hydrogen (secondary N) is 1. The third kappa shape index (κ3) is 2.98. The minimum absolute atomic E-state index is 0.796. The zero-order valence-corrected chi connectivity index (χ0v) is 11.2. The van der Waals surface area contributed by atoms with Crippen LogP contribution in [0, 0.1) is 11.8 Å². The monoisotopic (exact) mass is 224 g/mol. The number of hydrogen-bond donors (Lipinski definition) is 1. The molecule has 0 aromatic carbocycles. The van der Waals surface area contributed by atoms with Crippen molar-refractivity contribution >= 4 is 0 Å². The van der Waals surface area contributed by atoms with E-state index < -0.39 is 0 Å². The van der Waals surface area contributed by atoms with Gasteiger partial charge in [0.05, 0.1) is 0 Å². The summed E-state index contributed by atoms with van der Waals surface area (Å²) in [6.45, 7) is 3.70. The highest BCUT2D eigenvalue weighted by Crippen LogP contribution is 2.35. The molecule has 2 aliphatic rings. The maximum atomic E-state index is 3.48. The summed E-state index contributed by atoms with van der Waals surface area (Å²) in [4.78, 5) is 2.59. The van der Waals surface area contributed by atoms with Gasteiger partial charge in [-0.2, -0.15) is 0 Å². The molecule has 0 amide bonds. The van der Waals surface area contributed by atoms with Crippen LogP contribution in [0.5, 0.6) is 0 Å². The molecular formula is C14H28N2. The van der Waals surface area contributed by atoms with E-state index in [9.17, 15) is 0 Å². The van der Waals surface area contributed by atoms with Crippen LogP contribution in [0.25, 0.3) is 0 Å². The lowest BCUT2D eigenvalue weighted by molar-refractivity contribution is 0.212. The quantitative estimate of drug-likeness (QED) is 0.746. The van der Waals surface area contributed by atoms with Crippen molar-refractivity contribution in [2.45, 2.75) is 57.5 Å². The van der Waals surface area contributed by atoms with Crippen LogP contribution < -0.4 is 5.32 Å². The zero-order chi connectivity index (χ0) is 11.5. The summed E-state index contributed by atoms with van der Waals surface area (Å²) in [5, 5.41) is 3.48. The zero-order valence-electron chi connectivity index (χ0n) is 11.2. The molecule has 16 heavy (non-hydrogen) atoms. The average Bonchev–Trinajstić information content (AvgIpc) is 3.04. The van der Waals surface area contributed by atoms with E-state index in [0.717, 1.165) is 23.9 Å². The van der Waals surface area contributed by atoms with Gasteiger partial charge in [0.1, 0.15) is 0 Å². The van der Waals surface area contributed by atoms with E-state index in [2.05, 4.69) is 31.2 Å². The molecule has 3 unspecified atom stereocenters. The van der Waals surface area contributed by atoms with Gasteiger partial charge in [-0.1, -0.05) is 6.42 Å². The van der Waals surface area contributed by atoms with E-state index in [4.69, 9.17) is 0 Å². The standard InChI is InChI=1S/C14H28N2/c1-11(12-7-8-12)16(3)10-9-13-5-4-6-14(13)15-2/h11-15H,4-10H2,1-3H3. The Morgan fingerprint density at radius 1 is 1.25 bits per heavy atom. The Hall–Kier alpha value is -0.0800. The molecule has 0 aromatic heterocycles. The molecule has 0 radical (unpaired) electrons. The molecule has 94 valence electrons. The number of hydrogen-bond acceptors (Lipinski definition) is 2. The maximum Gasteiger partial charge on any atom is 0.00928 e. The molecule has 2 nitrogen and oxygen atoms in total. The van der Waals surface area contributed by atoms with Crippen molar-refractivity contribution in [3.63, 3.8) is 0 Å². The van der Waals surface area contributed by atoms with Gasteiger partial charge in [-0.15, -0.1) is 0 Å². The van der Waals surface area contributed by atoms with Crippen molar-refractivity contribution in [3.05, 3.63) is 0 Å². The van der Waals surface area contributed by atoms with Gasteiger partial charge in [0, 0.05) is 12.1 Å². The lowest BCUT2D eigenvalue weighted by Crippen LogP contribution is -2.35. The summed E-state index contributed by atoms with van der Waals surface area (Å²) >= 11 is 0. The minimum atomic E-state index is 0.796. The first-order chi connectivity index (χ1) is 7.72. The summed E-state index contributed by atoms with van der Waals surface area (Å²) in [5.74, 6) is 1.94. The third-order valence-electron chi connectivity index (χ3n) is 4.88. The molecule has 0 spiro atoms. The van der Waals surface area contributed by atoms with Crippen LogP contribution in [0.3, 0.4) is 0 Å². The topological polar surface area (TPSA) is 15.3 Å². The second kappa shape index (κ2) is 5.50. The summed E-state index contributed by atoms with van der Waals surface area (Å²) in [7, 11) is 4.44. The van der Waals surface area contributed by atoms with Crippen molar-refractivity contribution < 1.29 is 0 Å². The Labute approximate surface area is 101 Å². The summed E-state index contributed by atoms with van der Waals surface area (Å²) in [6.07, 6.45) is 8.58. The van der Waals surface area contributed by atoms with Gasteiger partial charge in [0.15, 0.2) is 0 Å². The first-order valence-corrected chi connectivity index (χ1v) is 7.10. The van der Waals surface area contributed by atoms with Crippen molar-refractivity contribution in [1.29, 1.82) is 0 Å². The maximum absolute atomic E-state index is 3.48. The molecule has 0 aromatic rings. The van der Waals surface area contributed by atoms with Gasteiger partial charge in [0.25, 0.3) is 0 Å². The predicted octanol–water partition coefficient (Wildman–Crippen LogP) is 2.49. The predicted molar refractivity (Wildman–Crippen MR) is 69.6 cm³/mol. The van der Waals surface area contributed by atoms with Gasteiger partial charge in [-0.05, 0) is 71.5 Å². The molecule has 2 heteroatoms. The van der Waals surface area contributed by atoms with E-state index in [0.29, 0.717) is 0 Å². The van der Waals surface area contributed by atoms with Crippen molar-refractivity contribution in [2.24, 2.45) is 11.8 Å². The summed E-state index contributed by atoms with van der Waals surface area (Å²) in [6, 6.07) is 1.61. The Kier molecular flexibility index (Phi) is 4.26.